The van der Waals surface area contributed by atoms with Gasteiger partial charge in [0.1, 0.15) is 11.8 Å². The monoisotopic (exact) mass is 542 g/mol. The standard InChI is InChI=1S/C29H38N2O6S/c1-5-7-8-19-37-27(35)23-22-25(33)31(17-9-18-32)24(29(22)15-14-28(23,3)38-29)26(34)30(16-6-2)20-10-12-21(36-4)13-11-20/h5-6,10-13,22-24,32H,1-2,7-9,14-19H2,3-4H3/t22-,23-,24?,28+,29?/m0/s1. The van der Waals surface area contributed by atoms with Crippen molar-refractivity contribution >= 4 is 35.2 Å². The number of rotatable bonds is 13. The van der Waals surface area contributed by atoms with E-state index in [0.29, 0.717) is 30.7 Å². The molecule has 0 saturated carbocycles. The van der Waals surface area contributed by atoms with E-state index in [2.05, 4.69) is 13.2 Å². The Balaban J connectivity index is 1.71. The first-order valence-corrected chi connectivity index (χ1v) is 14.0. The van der Waals surface area contributed by atoms with Crippen LogP contribution in [0.1, 0.15) is 39.0 Å². The zero-order valence-electron chi connectivity index (χ0n) is 22.3. The second-order valence-corrected chi connectivity index (χ2v) is 12.3. The number of unbranched alkanes of at least 4 members (excludes halogenated alkanes) is 1. The molecule has 1 spiro atoms. The van der Waals surface area contributed by atoms with Gasteiger partial charge in [-0.15, -0.1) is 24.9 Å². The maximum atomic E-state index is 14.4. The minimum absolute atomic E-state index is 0.100. The first-order valence-electron chi connectivity index (χ1n) is 13.2. The second-order valence-electron chi connectivity index (χ2n) is 10.4. The van der Waals surface area contributed by atoms with Crippen LogP contribution in [0.4, 0.5) is 5.69 Å². The summed E-state index contributed by atoms with van der Waals surface area (Å²) < 4.78 is 9.71. The van der Waals surface area contributed by atoms with Gasteiger partial charge in [0.15, 0.2) is 0 Å². The first-order chi connectivity index (χ1) is 18.3. The number of allylic oxidation sites excluding steroid dienone is 1. The molecule has 2 amide bonds. The van der Waals surface area contributed by atoms with Crippen LogP contribution in [0.25, 0.3) is 0 Å². The largest absolute Gasteiger partial charge is 0.497 e. The van der Waals surface area contributed by atoms with E-state index in [4.69, 9.17) is 9.47 Å². The fraction of sp³-hybridized carbons (Fsp3) is 0.552. The number of anilines is 1. The van der Waals surface area contributed by atoms with Crippen molar-refractivity contribution < 1.29 is 29.0 Å². The van der Waals surface area contributed by atoms with E-state index >= 15 is 0 Å². The van der Waals surface area contributed by atoms with Crippen LogP contribution in [-0.4, -0.2) is 76.7 Å². The Bertz CT molecular complexity index is 1080. The number of hydrogen-bond donors (Lipinski definition) is 1. The number of fused-ring (bicyclic) bond motifs is 1. The highest BCUT2D eigenvalue weighted by atomic mass is 32.2. The number of carbonyl (C=O) groups excluding carboxylic acids is 3. The molecular weight excluding hydrogens is 504 g/mol. The number of esters is 1. The fourth-order valence-electron chi connectivity index (χ4n) is 6.40. The number of carbonyl (C=O) groups is 3. The van der Waals surface area contributed by atoms with Crippen LogP contribution in [0.15, 0.2) is 49.6 Å². The molecule has 9 heteroatoms. The number of likely N-dealkylation sites (tertiary alicyclic amines) is 1. The van der Waals surface area contributed by atoms with Gasteiger partial charge in [-0.25, -0.2) is 0 Å². The number of hydrogen-bond acceptors (Lipinski definition) is 7. The number of nitrogens with zero attached hydrogens (tertiary/aromatic N) is 2. The Morgan fingerprint density at radius 3 is 2.58 bits per heavy atom. The molecule has 0 aliphatic carbocycles. The molecule has 1 aromatic rings. The number of ether oxygens (including phenoxy) is 2. The minimum atomic E-state index is -0.765. The zero-order chi connectivity index (χ0) is 27.5. The van der Waals surface area contributed by atoms with E-state index in [9.17, 15) is 19.5 Å². The second kappa shape index (κ2) is 11.5. The topological polar surface area (TPSA) is 96.4 Å². The number of amides is 2. The van der Waals surface area contributed by atoms with Crippen molar-refractivity contribution in [1.29, 1.82) is 0 Å². The molecule has 3 heterocycles. The highest BCUT2D eigenvalue weighted by Crippen LogP contribution is 2.71. The van der Waals surface area contributed by atoms with Crippen molar-refractivity contribution in [2.45, 2.75) is 54.6 Å². The molecule has 3 fully saturated rings. The number of thioether (sulfide) groups is 1. The van der Waals surface area contributed by atoms with Crippen molar-refractivity contribution in [3.63, 3.8) is 0 Å². The van der Waals surface area contributed by atoms with Crippen LogP contribution in [0.5, 0.6) is 5.75 Å². The van der Waals surface area contributed by atoms with Gasteiger partial charge in [0.2, 0.25) is 5.91 Å². The molecule has 3 saturated heterocycles. The van der Waals surface area contributed by atoms with Gasteiger partial charge in [-0.05, 0) is 63.3 Å². The van der Waals surface area contributed by atoms with Crippen molar-refractivity contribution in [1.82, 2.24) is 4.90 Å². The summed E-state index contributed by atoms with van der Waals surface area (Å²) in [7, 11) is 1.58. The molecule has 0 radical (unpaired) electrons. The quantitative estimate of drug-likeness (QED) is 0.231. The molecule has 3 aliphatic heterocycles. The highest BCUT2D eigenvalue weighted by Gasteiger charge is 2.77. The minimum Gasteiger partial charge on any atom is -0.497 e. The molecule has 5 atom stereocenters. The third-order valence-corrected chi connectivity index (χ3v) is 10.1. The Labute approximate surface area is 229 Å². The van der Waals surface area contributed by atoms with Gasteiger partial charge in [0.25, 0.3) is 5.91 Å². The maximum absolute atomic E-state index is 14.4. The molecule has 206 valence electrons. The maximum Gasteiger partial charge on any atom is 0.311 e. The molecule has 0 aromatic heterocycles. The number of aliphatic hydroxyl groups excluding tert-OH is 1. The van der Waals surface area contributed by atoms with Crippen LogP contribution in [0.2, 0.25) is 0 Å². The molecule has 38 heavy (non-hydrogen) atoms. The van der Waals surface area contributed by atoms with Crippen LogP contribution in [0, 0.1) is 11.8 Å². The summed E-state index contributed by atoms with van der Waals surface area (Å²) in [6.07, 6.45) is 6.59. The highest BCUT2D eigenvalue weighted by molar-refractivity contribution is 8.02. The lowest BCUT2D eigenvalue weighted by atomic mass is 9.66. The summed E-state index contributed by atoms with van der Waals surface area (Å²) in [5.41, 5.74) is 0.673. The number of benzene rings is 1. The van der Waals surface area contributed by atoms with Crippen molar-refractivity contribution in [2.75, 3.05) is 38.3 Å². The molecule has 3 aliphatic rings. The summed E-state index contributed by atoms with van der Waals surface area (Å²) in [6, 6.07) is 6.44. The molecule has 2 bridgehead atoms. The smallest absolute Gasteiger partial charge is 0.311 e. The number of aliphatic hydroxyl groups is 1. The zero-order valence-corrected chi connectivity index (χ0v) is 23.1. The van der Waals surface area contributed by atoms with E-state index in [-0.39, 0.29) is 44.1 Å². The number of methoxy groups -OCH3 is 1. The van der Waals surface area contributed by atoms with E-state index in [0.717, 1.165) is 12.8 Å². The third kappa shape index (κ3) is 4.75. The summed E-state index contributed by atoms with van der Waals surface area (Å²) in [5, 5.41) is 9.57. The van der Waals surface area contributed by atoms with Crippen LogP contribution < -0.4 is 9.64 Å². The average Bonchev–Trinajstić information content (AvgIpc) is 3.48. The average molecular weight is 543 g/mol. The van der Waals surface area contributed by atoms with Gasteiger partial charge in [0.05, 0.1) is 30.3 Å². The van der Waals surface area contributed by atoms with Gasteiger partial charge in [-0.3, -0.25) is 14.4 Å². The van der Waals surface area contributed by atoms with Crippen molar-refractivity contribution in [3.8, 4) is 5.75 Å². The van der Waals surface area contributed by atoms with Gasteiger partial charge < -0.3 is 24.4 Å². The molecule has 1 N–H and O–H groups in total. The van der Waals surface area contributed by atoms with Crippen molar-refractivity contribution in [2.24, 2.45) is 11.8 Å². The summed E-state index contributed by atoms with van der Waals surface area (Å²) >= 11 is 1.61. The van der Waals surface area contributed by atoms with Crippen LogP contribution in [0.3, 0.4) is 0 Å². The first kappa shape index (κ1) is 28.2. The molecule has 2 unspecified atom stereocenters. The van der Waals surface area contributed by atoms with Gasteiger partial charge in [-0.1, -0.05) is 12.2 Å². The summed E-state index contributed by atoms with van der Waals surface area (Å²) in [4.78, 5) is 45.1. The third-order valence-electron chi connectivity index (χ3n) is 8.08. The molecule has 8 nitrogen and oxygen atoms in total. The van der Waals surface area contributed by atoms with Crippen molar-refractivity contribution in [3.05, 3.63) is 49.6 Å². The van der Waals surface area contributed by atoms with Gasteiger partial charge in [0, 0.05) is 30.1 Å². The molecular formula is C29H38N2O6S. The van der Waals surface area contributed by atoms with E-state index in [1.165, 1.54) is 0 Å². The van der Waals surface area contributed by atoms with Crippen LogP contribution in [-0.2, 0) is 19.1 Å². The van der Waals surface area contributed by atoms with Crippen LogP contribution >= 0.6 is 11.8 Å². The molecule has 1 aromatic carbocycles. The van der Waals surface area contributed by atoms with E-state index < -0.39 is 27.4 Å². The molecule has 4 rings (SSSR count). The fourth-order valence-corrected chi connectivity index (χ4v) is 8.74. The van der Waals surface area contributed by atoms with E-state index in [1.807, 2.05) is 19.1 Å². The predicted molar refractivity (Wildman–Crippen MR) is 148 cm³/mol. The predicted octanol–water partition coefficient (Wildman–Crippen LogP) is 3.59. The summed E-state index contributed by atoms with van der Waals surface area (Å²) in [5.74, 6) is -1.37. The lowest BCUT2D eigenvalue weighted by Gasteiger charge is -2.37. The normalized spacial score (nSPS) is 29.2. The Kier molecular flexibility index (Phi) is 8.57. The lowest BCUT2D eigenvalue weighted by molar-refractivity contribution is -0.155. The lowest BCUT2D eigenvalue weighted by Crippen LogP contribution is -2.55. The van der Waals surface area contributed by atoms with Gasteiger partial charge >= 0.3 is 5.97 Å². The summed E-state index contributed by atoms with van der Waals surface area (Å²) in [6.45, 7) is 10.3. The Hall–Kier alpha value is -2.78. The van der Waals surface area contributed by atoms with E-state index in [1.54, 1.807) is 53.0 Å². The Morgan fingerprint density at radius 1 is 1.21 bits per heavy atom. The Morgan fingerprint density at radius 2 is 1.95 bits per heavy atom. The van der Waals surface area contributed by atoms with Gasteiger partial charge in [-0.2, -0.15) is 0 Å². The SMILES string of the molecule is C=CCCCOC(=O)[C@@H]1[C@H]2C(=O)N(CCCO)C(C(=O)N(CC=C)c3ccc(OC)cc3)C23CC[C@@]1(C)S3.